The van der Waals surface area contributed by atoms with Crippen LogP contribution in [0.3, 0.4) is 0 Å². The predicted molar refractivity (Wildman–Crippen MR) is 58.4 cm³/mol. The first-order valence-corrected chi connectivity index (χ1v) is 5.30. The molecule has 72 valence electrons. The van der Waals surface area contributed by atoms with Gasteiger partial charge in [-0.05, 0) is 0 Å². The number of ketones is 1. The molecule has 1 aromatic carbocycles. The standard InChI is InChI=1S/C10H10N2OS/c11-9-8(13)6-14-10(12-9)7-4-2-1-3-5-7/h1-5,9H,6,11H2. The van der Waals surface area contributed by atoms with E-state index in [0.717, 1.165) is 10.6 Å². The Balaban J connectivity index is 2.29. The van der Waals surface area contributed by atoms with Crippen LogP contribution in [0.15, 0.2) is 35.3 Å². The Morgan fingerprint density at radius 2 is 2.07 bits per heavy atom. The van der Waals surface area contributed by atoms with Crippen molar-refractivity contribution >= 4 is 22.6 Å². The van der Waals surface area contributed by atoms with Gasteiger partial charge in [0.15, 0.2) is 11.9 Å². The van der Waals surface area contributed by atoms with Crippen LogP contribution in [0.4, 0.5) is 0 Å². The molecule has 0 amide bonds. The van der Waals surface area contributed by atoms with Gasteiger partial charge in [-0.25, -0.2) is 0 Å². The van der Waals surface area contributed by atoms with Crippen LogP contribution >= 0.6 is 11.8 Å². The molecule has 0 saturated heterocycles. The maximum Gasteiger partial charge on any atom is 0.181 e. The van der Waals surface area contributed by atoms with E-state index in [1.807, 2.05) is 30.3 Å². The zero-order chi connectivity index (χ0) is 9.97. The van der Waals surface area contributed by atoms with Crippen LogP contribution in [0.25, 0.3) is 0 Å². The molecule has 0 radical (unpaired) electrons. The molecule has 1 aliphatic heterocycles. The summed E-state index contributed by atoms with van der Waals surface area (Å²) in [4.78, 5) is 15.3. The highest BCUT2D eigenvalue weighted by Gasteiger charge is 2.20. The average molecular weight is 206 g/mol. The topological polar surface area (TPSA) is 55.4 Å². The highest BCUT2D eigenvalue weighted by atomic mass is 32.2. The summed E-state index contributed by atoms with van der Waals surface area (Å²) < 4.78 is 0. The number of nitrogens with zero attached hydrogens (tertiary/aromatic N) is 1. The molecule has 0 aromatic heterocycles. The van der Waals surface area contributed by atoms with E-state index in [1.54, 1.807) is 0 Å². The maximum absolute atomic E-state index is 11.1. The third-order valence-electron chi connectivity index (χ3n) is 1.96. The minimum Gasteiger partial charge on any atom is -0.303 e. The highest BCUT2D eigenvalue weighted by Crippen LogP contribution is 2.18. The van der Waals surface area contributed by atoms with Crippen molar-refractivity contribution in [1.82, 2.24) is 0 Å². The third kappa shape index (κ3) is 1.86. The lowest BCUT2D eigenvalue weighted by molar-refractivity contribution is -0.117. The van der Waals surface area contributed by atoms with Crippen molar-refractivity contribution in [1.29, 1.82) is 0 Å². The van der Waals surface area contributed by atoms with E-state index in [1.165, 1.54) is 11.8 Å². The van der Waals surface area contributed by atoms with Crippen molar-refractivity contribution < 1.29 is 4.79 Å². The first-order chi connectivity index (χ1) is 6.77. The van der Waals surface area contributed by atoms with Gasteiger partial charge in [0, 0.05) is 5.56 Å². The Morgan fingerprint density at radius 3 is 2.71 bits per heavy atom. The second-order valence-corrected chi connectivity index (χ2v) is 3.96. The molecule has 0 spiro atoms. The van der Waals surface area contributed by atoms with Crippen LogP contribution in [0.1, 0.15) is 5.56 Å². The smallest absolute Gasteiger partial charge is 0.181 e. The Labute approximate surface area is 86.4 Å². The number of benzene rings is 1. The quantitative estimate of drug-likeness (QED) is 0.746. The minimum absolute atomic E-state index is 0.00492. The Hall–Kier alpha value is -1.13. The van der Waals surface area contributed by atoms with Crippen LogP contribution in [0, 0.1) is 0 Å². The van der Waals surface area contributed by atoms with E-state index in [0.29, 0.717) is 5.75 Å². The number of hydrogen-bond donors (Lipinski definition) is 1. The van der Waals surface area contributed by atoms with Gasteiger partial charge in [-0.2, -0.15) is 0 Å². The van der Waals surface area contributed by atoms with E-state index in [-0.39, 0.29) is 5.78 Å². The first kappa shape index (κ1) is 9.43. The number of nitrogens with two attached hydrogens (primary N) is 1. The van der Waals surface area contributed by atoms with E-state index >= 15 is 0 Å². The minimum atomic E-state index is -0.675. The van der Waals surface area contributed by atoms with Gasteiger partial charge in [-0.1, -0.05) is 42.1 Å². The number of rotatable bonds is 1. The van der Waals surface area contributed by atoms with Crippen molar-refractivity contribution in [2.24, 2.45) is 10.7 Å². The lowest BCUT2D eigenvalue weighted by atomic mass is 10.2. The van der Waals surface area contributed by atoms with Gasteiger partial charge in [0.25, 0.3) is 0 Å². The number of carbonyl (C=O) groups excluding carboxylic acids is 1. The monoisotopic (exact) mass is 206 g/mol. The molecular formula is C10H10N2OS. The SMILES string of the molecule is NC1N=C(c2ccccc2)SCC1=O. The third-order valence-corrected chi connectivity index (χ3v) is 3.00. The molecule has 1 heterocycles. The summed E-state index contributed by atoms with van der Waals surface area (Å²) in [5.74, 6) is 0.421. The molecule has 0 bridgehead atoms. The summed E-state index contributed by atoms with van der Waals surface area (Å²) >= 11 is 1.45. The normalized spacial score (nSPS) is 21.9. The summed E-state index contributed by atoms with van der Waals surface area (Å²) in [6, 6.07) is 9.77. The lowest BCUT2D eigenvalue weighted by Gasteiger charge is -2.15. The predicted octanol–water partition coefficient (Wildman–Crippen LogP) is 1.03. The van der Waals surface area contributed by atoms with Crippen LogP contribution in [0.5, 0.6) is 0 Å². The van der Waals surface area contributed by atoms with Gasteiger partial charge in [0.1, 0.15) is 5.04 Å². The molecule has 2 rings (SSSR count). The van der Waals surface area contributed by atoms with Gasteiger partial charge >= 0.3 is 0 Å². The van der Waals surface area contributed by atoms with Gasteiger partial charge < -0.3 is 5.73 Å². The summed E-state index contributed by atoms with van der Waals surface area (Å²) in [7, 11) is 0. The van der Waals surface area contributed by atoms with Crippen LogP contribution in [0.2, 0.25) is 0 Å². The van der Waals surface area contributed by atoms with Crippen molar-refractivity contribution in [2.45, 2.75) is 6.17 Å². The van der Waals surface area contributed by atoms with Gasteiger partial charge in [0.05, 0.1) is 5.75 Å². The summed E-state index contributed by atoms with van der Waals surface area (Å²) in [5.41, 5.74) is 6.58. The molecule has 1 atom stereocenters. The first-order valence-electron chi connectivity index (χ1n) is 4.31. The Morgan fingerprint density at radius 1 is 1.36 bits per heavy atom. The number of hydrogen-bond acceptors (Lipinski definition) is 4. The lowest BCUT2D eigenvalue weighted by Crippen LogP contribution is -2.34. The maximum atomic E-state index is 11.1. The zero-order valence-electron chi connectivity index (χ0n) is 7.51. The summed E-state index contributed by atoms with van der Waals surface area (Å²) in [6.07, 6.45) is -0.675. The molecule has 1 unspecified atom stereocenters. The van der Waals surface area contributed by atoms with Gasteiger partial charge in [0.2, 0.25) is 0 Å². The second kappa shape index (κ2) is 3.94. The number of thioether (sulfide) groups is 1. The highest BCUT2D eigenvalue weighted by molar-refractivity contribution is 8.15. The van der Waals surface area contributed by atoms with Crippen LogP contribution < -0.4 is 5.73 Å². The van der Waals surface area contributed by atoms with E-state index in [2.05, 4.69) is 4.99 Å². The van der Waals surface area contributed by atoms with Crippen molar-refractivity contribution in [3.63, 3.8) is 0 Å². The molecule has 14 heavy (non-hydrogen) atoms. The fraction of sp³-hybridized carbons (Fsp3) is 0.200. The molecular weight excluding hydrogens is 196 g/mol. The number of Topliss-reactive ketones (excluding diaryl/α,β-unsaturated/α-hetero) is 1. The number of carbonyl (C=O) groups is 1. The summed E-state index contributed by atoms with van der Waals surface area (Å²) in [5, 5.41) is 0.859. The molecule has 3 nitrogen and oxygen atoms in total. The summed E-state index contributed by atoms with van der Waals surface area (Å²) in [6.45, 7) is 0. The Bertz CT molecular complexity index is 375. The van der Waals surface area contributed by atoms with Crippen molar-refractivity contribution in [3.05, 3.63) is 35.9 Å². The molecule has 4 heteroatoms. The van der Waals surface area contributed by atoms with E-state index in [4.69, 9.17) is 5.73 Å². The van der Waals surface area contributed by atoms with Crippen LogP contribution in [-0.2, 0) is 4.79 Å². The van der Waals surface area contributed by atoms with E-state index in [9.17, 15) is 4.79 Å². The van der Waals surface area contributed by atoms with Gasteiger partial charge in [-0.3, -0.25) is 9.79 Å². The van der Waals surface area contributed by atoms with Crippen LogP contribution in [-0.4, -0.2) is 22.7 Å². The average Bonchev–Trinajstić information content (AvgIpc) is 2.23. The zero-order valence-corrected chi connectivity index (χ0v) is 8.33. The molecule has 1 aromatic rings. The molecule has 0 fully saturated rings. The molecule has 2 N–H and O–H groups in total. The Kier molecular flexibility index (Phi) is 2.65. The number of aliphatic imine (C=N–C) groups is 1. The largest absolute Gasteiger partial charge is 0.303 e. The fourth-order valence-electron chi connectivity index (χ4n) is 1.20. The second-order valence-electron chi connectivity index (χ2n) is 3.00. The van der Waals surface area contributed by atoms with Crippen molar-refractivity contribution in [3.8, 4) is 0 Å². The fourth-order valence-corrected chi connectivity index (χ4v) is 2.14. The van der Waals surface area contributed by atoms with E-state index < -0.39 is 6.17 Å². The molecule has 0 saturated carbocycles. The molecule has 0 aliphatic carbocycles. The van der Waals surface area contributed by atoms with Crippen molar-refractivity contribution in [2.75, 3.05) is 5.75 Å². The van der Waals surface area contributed by atoms with Gasteiger partial charge in [-0.15, -0.1) is 0 Å². The molecule has 1 aliphatic rings.